The number of hydrogen-bond donors (Lipinski definition) is 2. The molecule has 0 spiro atoms. The molecule has 2 saturated heterocycles. The topological polar surface area (TPSA) is 97.1 Å². The summed E-state index contributed by atoms with van der Waals surface area (Å²) >= 11 is 6.13. The van der Waals surface area contributed by atoms with Gasteiger partial charge in [0.1, 0.15) is 5.75 Å². The lowest BCUT2D eigenvalue weighted by Crippen LogP contribution is -2.55. The fourth-order valence-electron chi connectivity index (χ4n) is 4.92. The van der Waals surface area contributed by atoms with Crippen LogP contribution >= 0.6 is 11.6 Å². The third-order valence-corrected chi connectivity index (χ3v) is 7.22. The highest BCUT2D eigenvalue weighted by Gasteiger charge is 2.33. The highest BCUT2D eigenvalue weighted by Crippen LogP contribution is 2.29. The van der Waals surface area contributed by atoms with Crippen molar-refractivity contribution in [1.29, 1.82) is 0 Å². The number of piperidine rings is 2. The maximum atomic E-state index is 13.0. The van der Waals surface area contributed by atoms with E-state index in [-0.39, 0.29) is 24.0 Å². The number of methoxy groups -OCH3 is 2. The van der Waals surface area contributed by atoms with Gasteiger partial charge in [-0.1, -0.05) is 25.4 Å². The Morgan fingerprint density at radius 3 is 2.50 bits per heavy atom. The molecule has 1 aromatic rings. The van der Waals surface area contributed by atoms with Crippen molar-refractivity contribution in [3.05, 3.63) is 22.7 Å². The van der Waals surface area contributed by atoms with Gasteiger partial charge in [0.15, 0.2) is 0 Å². The van der Waals surface area contributed by atoms with Crippen molar-refractivity contribution < 1.29 is 19.1 Å². The van der Waals surface area contributed by atoms with Crippen LogP contribution in [0.25, 0.3) is 0 Å². The SMILES string of the molecule is COc1cc(N)c(Cl)cc1C(=O)N[C@H]1CCN(CC2CCN(C(=O)CC(C)C)CC2)C[C@H]1OC. The van der Waals surface area contributed by atoms with Gasteiger partial charge < -0.3 is 30.3 Å². The van der Waals surface area contributed by atoms with Crippen molar-refractivity contribution in [2.45, 2.75) is 51.7 Å². The molecule has 0 aromatic heterocycles. The van der Waals surface area contributed by atoms with Gasteiger partial charge in [0.05, 0.1) is 35.5 Å². The molecule has 2 heterocycles. The predicted octanol–water partition coefficient (Wildman–Crippen LogP) is 3.03. The Bertz CT molecular complexity index is 858. The van der Waals surface area contributed by atoms with Gasteiger partial charge in [-0.25, -0.2) is 0 Å². The van der Waals surface area contributed by atoms with E-state index >= 15 is 0 Å². The summed E-state index contributed by atoms with van der Waals surface area (Å²) in [4.78, 5) is 29.8. The number of nitrogen functional groups attached to an aromatic ring is 1. The number of ether oxygens (including phenoxy) is 2. The smallest absolute Gasteiger partial charge is 0.255 e. The molecule has 2 amide bonds. The Hall–Kier alpha value is -2.03. The molecule has 0 bridgehead atoms. The molecule has 2 aliphatic rings. The summed E-state index contributed by atoms with van der Waals surface area (Å²) < 4.78 is 11.1. The van der Waals surface area contributed by atoms with Crippen LogP contribution in [0.3, 0.4) is 0 Å². The maximum Gasteiger partial charge on any atom is 0.255 e. The lowest BCUT2D eigenvalue weighted by molar-refractivity contribution is -0.133. The van der Waals surface area contributed by atoms with Crippen LogP contribution in [0.5, 0.6) is 5.75 Å². The van der Waals surface area contributed by atoms with Gasteiger partial charge in [-0.05, 0) is 37.2 Å². The van der Waals surface area contributed by atoms with Gasteiger partial charge >= 0.3 is 0 Å². The predicted molar refractivity (Wildman–Crippen MR) is 134 cm³/mol. The van der Waals surface area contributed by atoms with Gasteiger partial charge in [0, 0.05) is 52.3 Å². The van der Waals surface area contributed by atoms with E-state index < -0.39 is 0 Å². The van der Waals surface area contributed by atoms with Gasteiger partial charge in [0.25, 0.3) is 5.91 Å². The van der Waals surface area contributed by atoms with Gasteiger partial charge in [-0.2, -0.15) is 0 Å². The quantitative estimate of drug-likeness (QED) is 0.539. The van der Waals surface area contributed by atoms with Crippen LogP contribution in [-0.4, -0.2) is 80.7 Å². The average Bonchev–Trinajstić information content (AvgIpc) is 2.81. The second kappa shape index (κ2) is 12.1. The van der Waals surface area contributed by atoms with Crippen LogP contribution in [-0.2, 0) is 9.53 Å². The number of benzene rings is 1. The highest BCUT2D eigenvalue weighted by molar-refractivity contribution is 6.33. The Morgan fingerprint density at radius 2 is 1.88 bits per heavy atom. The zero-order chi connectivity index (χ0) is 24.8. The zero-order valence-corrected chi connectivity index (χ0v) is 21.6. The number of carbonyl (C=O) groups excluding carboxylic acids is 2. The Kier molecular flexibility index (Phi) is 9.45. The zero-order valence-electron chi connectivity index (χ0n) is 20.8. The number of halogens is 1. The van der Waals surface area contributed by atoms with E-state index in [1.807, 2.05) is 4.90 Å². The molecule has 0 aliphatic carbocycles. The summed E-state index contributed by atoms with van der Waals surface area (Å²) in [6.07, 6.45) is 3.39. The third-order valence-electron chi connectivity index (χ3n) is 6.89. The number of amides is 2. The van der Waals surface area contributed by atoms with E-state index in [9.17, 15) is 9.59 Å². The second-order valence-electron chi connectivity index (χ2n) is 9.90. The first kappa shape index (κ1) is 26.6. The minimum Gasteiger partial charge on any atom is -0.496 e. The van der Waals surface area contributed by atoms with Crippen LogP contribution < -0.4 is 15.8 Å². The minimum atomic E-state index is -0.252. The normalized spacial score (nSPS) is 22.1. The summed E-state index contributed by atoms with van der Waals surface area (Å²) in [5.74, 6) is 1.40. The monoisotopic (exact) mass is 494 g/mol. The molecule has 2 aliphatic heterocycles. The van der Waals surface area contributed by atoms with E-state index in [0.29, 0.717) is 40.3 Å². The number of anilines is 1. The van der Waals surface area contributed by atoms with Gasteiger partial charge in [-0.15, -0.1) is 0 Å². The van der Waals surface area contributed by atoms with Crippen LogP contribution in [0.1, 0.15) is 49.9 Å². The van der Waals surface area contributed by atoms with E-state index in [0.717, 1.165) is 52.0 Å². The highest BCUT2D eigenvalue weighted by atomic mass is 35.5. The van der Waals surface area contributed by atoms with Crippen LogP contribution in [0.4, 0.5) is 5.69 Å². The maximum absolute atomic E-state index is 13.0. The number of hydrogen-bond acceptors (Lipinski definition) is 6. The fraction of sp³-hybridized carbons (Fsp3) is 0.680. The van der Waals surface area contributed by atoms with E-state index in [1.54, 1.807) is 19.2 Å². The molecular formula is C25H39ClN4O4. The molecule has 3 N–H and O–H groups in total. The number of rotatable bonds is 8. The number of nitrogens with zero attached hydrogens (tertiary/aromatic N) is 2. The van der Waals surface area contributed by atoms with Gasteiger partial charge in [-0.3, -0.25) is 9.59 Å². The largest absolute Gasteiger partial charge is 0.496 e. The van der Waals surface area contributed by atoms with E-state index in [1.165, 1.54) is 7.11 Å². The Labute approximate surface area is 208 Å². The van der Waals surface area contributed by atoms with Crippen molar-refractivity contribution in [1.82, 2.24) is 15.1 Å². The van der Waals surface area contributed by atoms with Crippen LogP contribution in [0.15, 0.2) is 12.1 Å². The Balaban J connectivity index is 1.51. The molecule has 3 rings (SSSR count). The average molecular weight is 495 g/mol. The molecule has 0 saturated carbocycles. The van der Waals surface area contributed by atoms with Crippen molar-refractivity contribution in [3.63, 3.8) is 0 Å². The summed E-state index contributed by atoms with van der Waals surface area (Å²) in [5, 5.41) is 3.42. The summed E-state index contributed by atoms with van der Waals surface area (Å²) in [7, 11) is 3.19. The first-order valence-electron chi connectivity index (χ1n) is 12.2. The van der Waals surface area contributed by atoms with Crippen molar-refractivity contribution in [3.8, 4) is 5.75 Å². The fourth-order valence-corrected chi connectivity index (χ4v) is 5.08. The molecule has 8 nitrogen and oxygen atoms in total. The summed E-state index contributed by atoms with van der Waals surface area (Å²) in [5.41, 5.74) is 6.57. The lowest BCUT2D eigenvalue weighted by atomic mass is 9.93. The van der Waals surface area contributed by atoms with Crippen LogP contribution in [0, 0.1) is 11.8 Å². The number of nitrogens with two attached hydrogens (primary N) is 1. The molecular weight excluding hydrogens is 456 g/mol. The van der Waals surface area contributed by atoms with E-state index in [2.05, 4.69) is 24.1 Å². The number of likely N-dealkylation sites (tertiary alicyclic amines) is 2. The molecule has 2 atom stereocenters. The number of carbonyl (C=O) groups is 2. The molecule has 34 heavy (non-hydrogen) atoms. The minimum absolute atomic E-state index is 0.106. The molecule has 1 aromatic carbocycles. The molecule has 190 valence electrons. The summed E-state index contributed by atoms with van der Waals surface area (Å²) in [6, 6.07) is 3.00. The van der Waals surface area contributed by atoms with Gasteiger partial charge in [0.2, 0.25) is 5.91 Å². The van der Waals surface area contributed by atoms with Crippen LogP contribution in [0.2, 0.25) is 5.02 Å². The molecule has 0 radical (unpaired) electrons. The van der Waals surface area contributed by atoms with Crippen molar-refractivity contribution >= 4 is 29.1 Å². The molecule has 9 heteroatoms. The van der Waals surface area contributed by atoms with E-state index in [4.69, 9.17) is 26.8 Å². The second-order valence-corrected chi connectivity index (χ2v) is 10.3. The van der Waals surface area contributed by atoms with Crippen molar-refractivity contribution in [2.24, 2.45) is 11.8 Å². The lowest BCUT2D eigenvalue weighted by Gasteiger charge is -2.41. The first-order valence-corrected chi connectivity index (χ1v) is 12.6. The summed E-state index contributed by atoms with van der Waals surface area (Å²) in [6.45, 7) is 8.51. The Morgan fingerprint density at radius 1 is 1.18 bits per heavy atom. The third kappa shape index (κ3) is 6.77. The van der Waals surface area contributed by atoms with Crippen molar-refractivity contribution in [2.75, 3.05) is 52.7 Å². The first-order chi connectivity index (χ1) is 16.2. The molecule has 2 fully saturated rings. The number of nitrogens with one attached hydrogen (secondary N) is 1. The standard InChI is InChI=1S/C25H39ClN4O4/c1-16(2)11-24(31)30-9-5-17(6-10-30)14-29-8-7-21(23(15-29)34-4)28-25(32)18-12-19(26)20(27)13-22(18)33-3/h12-13,16-17,21,23H,5-11,14-15,27H2,1-4H3,(H,28,32)/t21-,23+/m0/s1. The molecule has 0 unspecified atom stereocenters.